The minimum atomic E-state index is -4.81. The van der Waals surface area contributed by atoms with Crippen LogP contribution in [-0.4, -0.2) is 59.2 Å². The fourth-order valence-electron chi connectivity index (χ4n) is 3.67. The largest absolute Gasteiger partial charge is 0.475 e. The lowest BCUT2D eigenvalue weighted by Gasteiger charge is -2.29. The number of carbonyl (C=O) groups is 1. The van der Waals surface area contributed by atoms with Gasteiger partial charge in [-0.1, -0.05) is 6.07 Å². The van der Waals surface area contributed by atoms with Crippen molar-refractivity contribution in [2.45, 2.75) is 20.0 Å². The first-order valence-electron chi connectivity index (χ1n) is 10.9. The molecule has 0 aliphatic carbocycles. The van der Waals surface area contributed by atoms with E-state index in [1.807, 2.05) is 19.9 Å². The van der Waals surface area contributed by atoms with Crippen LogP contribution in [0, 0.1) is 6.92 Å². The Balaban J connectivity index is 1.66. The van der Waals surface area contributed by atoms with Crippen molar-refractivity contribution in [1.82, 2.24) is 20.4 Å². The lowest BCUT2D eigenvalue weighted by Crippen LogP contribution is -2.36. The molecule has 0 bridgehead atoms. The van der Waals surface area contributed by atoms with Crippen LogP contribution in [0.15, 0.2) is 36.5 Å². The number of ether oxygens (including phenoxy) is 2. The van der Waals surface area contributed by atoms with E-state index >= 15 is 0 Å². The monoisotopic (exact) mass is 488 g/mol. The molecule has 0 atom stereocenters. The van der Waals surface area contributed by atoms with Crippen LogP contribution in [0.4, 0.5) is 24.5 Å². The number of carbonyl (C=O) groups excluding carboxylic acids is 1. The summed E-state index contributed by atoms with van der Waals surface area (Å²) in [5, 5.41) is 17.4. The predicted molar refractivity (Wildman–Crippen MR) is 121 cm³/mol. The number of nitrogens with zero attached hydrogens (tertiary/aromatic N) is 5. The fraction of sp³-hybridized carbons (Fsp3) is 0.348. The number of hydrogen-bond donors (Lipinski definition) is 1. The van der Waals surface area contributed by atoms with Crippen molar-refractivity contribution < 1.29 is 27.4 Å². The zero-order valence-electron chi connectivity index (χ0n) is 19.1. The van der Waals surface area contributed by atoms with Gasteiger partial charge in [-0.05, 0) is 43.7 Å². The smallest absolute Gasteiger partial charge is 0.435 e. The minimum absolute atomic E-state index is 0.296. The van der Waals surface area contributed by atoms with Gasteiger partial charge in [0.1, 0.15) is 5.69 Å². The Hall–Kier alpha value is -3.80. The Morgan fingerprint density at radius 1 is 1.14 bits per heavy atom. The maximum atomic E-state index is 13.2. The van der Waals surface area contributed by atoms with Gasteiger partial charge in [0, 0.05) is 24.3 Å². The molecule has 0 spiro atoms. The van der Waals surface area contributed by atoms with E-state index in [9.17, 15) is 18.0 Å². The number of anilines is 2. The molecule has 3 heterocycles. The molecule has 1 saturated heterocycles. The van der Waals surface area contributed by atoms with E-state index in [4.69, 9.17) is 9.47 Å². The third-order valence-corrected chi connectivity index (χ3v) is 5.38. The zero-order valence-corrected chi connectivity index (χ0v) is 19.1. The molecule has 1 aromatic carbocycles. The average molecular weight is 488 g/mol. The number of benzene rings is 1. The lowest BCUT2D eigenvalue weighted by molar-refractivity contribution is -0.142. The quantitative estimate of drug-likeness (QED) is 0.560. The van der Waals surface area contributed by atoms with Gasteiger partial charge >= 0.3 is 6.18 Å². The number of aromatic nitrogens is 4. The number of aryl methyl sites for hydroxylation is 1. The van der Waals surface area contributed by atoms with Crippen LogP contribution >= 0.6 is 0 Å². The molecular weight excluding hydrogens is 465 g/mol. The summed E-state index contributed by atoms with van der Waals surface area (Å²) in [6.07, 6.45) is -3.78. The Bertz CT molecular complexity index is 1220. The Morgan fingerprint density at radius 3 is 2.63 bits per heavy atom. The van der Waals surface area contributed by atoms with Gasteiger partial charge in [-0.3, -0.25) is 4.79 Å². The standard InChI is InChI=1S/C23H23F3N6O3/c1-3-35-22-19(32-8-10-34-11-9-32)13-18(29-31-22)17-12-15(5-4-14(17)2)28-21(33)16-6-7-27-30-20(16)23(24,25)26/h4-7,12-13H,3,8-11H2,1-2H3,(H,28,33). The number of alkyl halides is 3. The first-order valence-corrected chi connectivity index (χ1v) is 10.9. The van der Waals surface area contributed by atoms with Crippen LogP contribution in [0.25, 0.3) is 11.3 Å². The van der Waals surface area contributed by atoms with Gasteiger partial charge in [-0.2, -0.15) is 18.3 Å². The number of morpholine rings is 1. The topological polar surface area (TPSA) is 102 Å². The molecular formula is C23H23F3N6O3. The summed E-state index contributed by atoms with van der Waals surface area (Å²) >= 11 is 0. The van der Waals surface area contributed by atoms with E-state index in [1.165, 1.54) is 0 Å². The Kier molecular flexibility index (Phi) is 7.10. The summed E-state index contributed by atoms with van der Waals surface area (Å²) in [7, 11) is 0. The highest BCUT2D eigenvalue weighted by Gasteiger charge is 2.37. The van der Waals surface area contributed by atoms with Gasteiger partial charge in [0.2, 0.25) is 0 Å². The SMILES string of the molecule is CCOc1nnc(-c2cc(NC(=O)c3ccnnc3C(F)(F)F)ccc2C)cc1N1CCOCC1. The van der Waals surface area contributed by atoms with E-state index in [0.717, 1.165) is 23.5 Å². The van der Waals surface area contributed by atoms with Crippen LogP contribution < -0.4 is 15.0 Å². The van der Waals surface area contributed by atoms with Gasteiger partial charge in [-0.15, -0.1) is 15.3 Å². The van der Waals surface area contributed by atoms with Crippen molar-refractivity contribution in [2.24, 2.45) is 0 Å². The van der Waals surface area contributed by atoms with Crippen LogP contribution in [0.2, 0.25) is 0 Å². The molecule has 12 heteroatoms. The second-order valence-electron chi connectivity index (χ2n) is 7.73. The van der Waals surface area contributed by atoms with Gasteiger partial charge < -0.3 is 19.7 Å². The number of halogens is 3. The van der Waals surface area contributed by atoms with E-state index in [-0.39, 0.29) is 0 Å². The molecule has 1 aliphatic rings. The second-order valence-corrected chi connectivity index (χ2v) is 7.73. The Labute approximate surface area is 199 Å². The molecule has 0 radical (unpaired) electrons. The third kappa shape index (κ3) is 5.48. The highest BCUT2D eigenvalue weighted by molar-refractivity contribution is 6.05. The third-order valence-electron chi connectivity index (χ3n) is 5.38. The minimum Gasteiger partial charge on any atom is -0.475 e. The predicted octanol–water partition coefficient (Wildman–Crippen LogP) is 3.75. The van der Waals surface area contributed by atoms with Gasteiger partial charge in [0.05, 0.1) is 37.3 Å². The summed E-state index contributed by atoms with van der Waals surface area (Å²) in [6.45, 7) is 6.64. The van der Waals surface area contributed by atoms with Crippen molar-refractivity contribution in [1.29, 1.82) is 0 Å². The van der Waals surface area contributed by atoms with Crippen LogP contribution in [0.5, 0.6) is 5.88 Å². The molecule has 0 unspecified atom stereocenters. The first-order chi connectivity index (χ1) is 16.8. The Morgan fingerprint density at radius 2 is 1.91 bits per heavy atom. The molecule has 0 saturated carbocycles. The van der Waals surface area contributed by atoms with E-state index in [1.54, 1.807) is 18.2 Å². The van der Waals surface area contributed by atoms with Gasteiger partial charge in [-0.25, -0.2) is 0 Å². The zero-order chi connectivity index (χ0) is 25.0. The molecule has 2 aromatic heterocycles. The molecule has 1 aliphatic heterocycles. The van der Waals surface area contributed by atoms with E-state index < -0.39 is 23.3 Å². The summed E-state index contributed by atoms with van der Waals surface area (Å²) in [5.74, 6) is -0.543. The van der Waals surface area contributed by atoms with Crippen LogP contribution in [0.1, 0.15) is 28.5 Å². The summed E-state index contributed by atoms with van der Waals surface area (Å²) in [4.78, 5) is 14.7. The molecule has 4 rings (SSSR count). The number of amides is 1. The van der Waals surface area contributed by atoms with Gasteiger partial charge in [0.25, 0.3) is 11.8 Å². The molecule has 1 N–H and O–H groups in total. The van der Waals surface area contributed by atoms with Crippen molar-refractivity contribution in [2.75, 3.05) is 43.1 Å². The summed E-state index contributed by atoms with van der Waals surface area (Å²) < 4.78 is 50.8. The van der Waals surface area contributed by atoms with E-state index in [2.05, 4.69) is 30.6 Å². The molecule has 1 amide bonds. The molecule has 3 aromatic rings. The fourth-order valence-corrected chi connectivity index (χ4v) is 3.67. The van der Waals surface area contributed by atoms with Crippen LogP contribution in [-0.2, 0) is 10.9 Å². The second kappa shape index (κ2) is 10.2. The normalized spacial score (nSPS) is 14.0. The van der Waals surface area contributed by atoms with Crippen molar-refractivity contribution in [3.63, 3.8) is 0 Å². The van der Waals surface area contributed by atoms with Crippen molar-refractivity contribution >= 4 is 17.3 Å². The first kappa shape index (κ1) is 24.3. The van der Waals surface area contributed by atoms with Crippen molar-refractivity contribution in [3.05, 3.63) is 53.3 Å². The van der Waals surface area contributed by atoms with Crippen LogP contribution in [0.3, 0.4) is 0 Å². The highest BCUT2D eigenvalue weighted by atomic mass is 19.4. The molecule has 9 nitrogen and oxygen atoms in total. The molecule has 1 fully saturated rings. The summed E-state index contributed by atoms with van der Waals surface area (Å²) in [6, 6.07) is 7.82. The maximum Gasteiger partial charge on any atom is 0.435 e. The molecule has 35 heavy (non-hydrogen) atoms. The lowest BCUT2D eigenvalue weighted by atomic mass is 10.0. The van der Waals surface area contributed by atoms with Crippen molar-refractivity contribution in [3.8, 4) is 17.1 Å². The number of rotatable bonds is 6. The maximum absolute atomic E-state index is 13.2. The van der Waals surface area contributed by atoms with E-state index in [0.29, 0.717) is 55.7 Å². The highest BCUT2D eigenvalue weighted by Crippen LogP contribution is 2.33. The molecule has 184 valence electrons. The number of hydrogen-bond acceptors (Lipinski definition) is 8. The number of nitrogens with one attached hydrogen (secondary N) is 1. The average Bonchev–Trinajstić information content (AvgIpc) is 2.85. The summed E-state index contributed by atoms with van der Waals surface area (Å²) in [5.41, 5.74) is 1.14. The van der Waals surface area contributed by atoms with Gasteiger partial charge in [0.15, 0.2) is 5.69 Å².